The Morgan fingerprint density at radius 3 is 2.16 bits per heavy atom. The number of halogens is 6. The normalized spacial score (nSPS) is 12.3. The molecule has 0 unspecified atom stereocenters. The zero-order chi connectivity index (χ0) is 14.8. The highest BCUT2D eigenvalue weighted by Crippen LogP contribution is 2.37. The van der Waals surface area contributed by atoms with E-state index in [1.807, 2.05) is 0 Å². The van der Waals surface area contributed by atoms with E-state index < -0.39 is 30.0 Å². The molecule has 0 aromatic carbocycles. The first-order chi connectivity index (χ1) is 8.57. The molecular formula is C9H5F6N3O. The van der Waals surface area contributed by atoms with Gasteiger partial charge in [0.25, 0.3) is 6.10 Å². The molecule has 1 aromatic rings. The average molecular weight is 285 g/mol. The number of nitrogens with zero attached hydrogens (tertiary/aromatic N) is 2. The zero-order valence-corrected chi connectivity index (χ0v) is 8.88. The van der Waals surface area contributed by atoms with Crippen LogP contribution in [0.15, 0.2) is 12.3 Å². The van der Waals surface area contributed by atoms with Gasteiger partial charge in [-0.05, 0) is 6.07 Å². The Kier molecular flexibility index (Phi) is 3.78. The van der Waals surface area contributed by atoms with Crippen molar-refractivity contribution in [3.8, 4) is 11.9 Å². The van der Waals surface area contributed by atoms with Gasteiger partial charge < -0.3 is 10.5 Å². The van der Waals surface area contributed by atoms with Crippen molar-refractivity contribution < 1.29 is 31.1 Å². The molecule has 0 aliphatic heterocycles. The Bertz CT molecular complexity index is 490. The van der Waals surface area contributed by atoms with Crippen LogP contribution in [-0.4, -0.2) is 23.4 Å². The van der Waals surface area contributed by atoms with Crippen molar-refractivity contribution >= 4 is 5.69 Å². The summed E-state index contributed by atoms with van der Waals surface area (Å²) >= 11 is 0. The molecule has 0 amide bonds. The molecule has 10 heteroatoms. The van der Waals surface area contributed by atoms with E-state index >= 15 is 0 Å². The third-order valence-electron chi connectivity index (χ3n) is 1.90. The van der Waals surface area contributed by atoms with Crippen molar-refractivity contribution in [2.45, 2.75) is 18.5 Å². The fraction of sp³-hybridized carbons (Fsp3) is 0.333. The molecule has 0 aliphatic rings. The standard InChI is InChI=1S/C9H5F6N3O/c10-8(11,12)7(9(13,14)15)19-6-5(17)4(3-16)1-2-18-6/h1-2,7H,17H2. The lowest BCUT2D eigenvalue weighted by Gasteiger charge is -2.23. The highest BCUT2D eigenvalue weighted by molar-refractivity contribution is 5.59. The number of alkyl halides is 6. The monoisotopic (exact) mass is 285 g/mol. The Labute approximate surface area is 102 Å². The predicted molar refractivity (Wildman–Crippen MR) is 49.9 cm³/mol. The molecular weight excluding hydrogens is 280 g/mol. The minimum Gasteiger partial charge on any atom is -0.453 e. The van der Waals surface area contributed by atoms with Gasteiger partial charge in [0.05, 0.1) is 5.56 Å². The molecule has 0 aliphatic carbocycles. The Hall–Kier alpha value is -2.18. The summed E-state index contributed by atoms with van der Waals surface area (Å²) in [7, 11) is 0. The second-order valence-electron chi connectivity index (χ2n) is 3.27. The molecule has 0 fully saturated rings. The van der Waals surface area contributed by atoms with E-state index in [9.17, 15) is 26.3 Å². The number of rotatable bonds is 2. The van der Waals surface area contributed by atoms with Crippen LogP contribution in [0.3, 0.4) is 0 Å². The van der Waals surface area contributed by atoms with Crippen LogP contribution in [0.2, 0.25) is 0 Å². The van der Waals surface area contributed by atoms with Crippen molar-refractivity contribution in [1.82, 2.24) is 4.98 Å². The lowest BCUT2D eigenvalue weighted by molar-refractivity contribution is -0.300. The van der Waals surface area contributed by atoms with E-state index in [1.165, 1.54) is 6.07 Å². The van der Waals surface area contributed by atoms with E-state index in [-0.39, 0.29) is 5.56 Å². The summed E-state index contributed by atoms with van der Waals surface area (Å²) in [6.07, 6.45) is -14.6. The Morgan fingerprint density at radius 2 is 1.74 bits per heavy atom. The number of aromatic nitrogens is 1. The zero-order valence-electron chi connectivity index (χ0n) is 8.88. The van der Waals surface area contributed by atoms with E-state index in [0.29, 0.717) is 0 Å². The van der Waals surface area contributed by atoms with E-state index in [0.717, 1.165) is 12.3 Å². The van der Waals surface area contributed by atoms with Crippen molar-refractivity contribution in [3.63, 3.8) is 0 Å². The quantitative estimate of drug-likeness (QED) is 0.847. The Balaban J connectivity index is 3.16. The molecule has 0 bridgehead atoms. The molecule has 19 heavy (non-hydrogen) atoms. The summed E-state index contributed by atoms with van der Waals surface area (Å²) in [5.74, 6) is -1.10. The first kappa shape index (κ1) is 14.9. The van der Waals surface area contributed by atoms with Gasteiger partial charge in [0, 0.05) is 6.20 Å². The minimum atomic E-state index is -5.69. The van der Waals surface area contributed by atoms with Crippen LogP contribution in [0.1, 0.15) is 5.56 Å². The molecule has 2 N–H and O–H groups in total. The Morgan fingerprint density at radius 1 is 1.21 bits per heavy atom. The van der Waals surface area contributed by atoms with E-state index in [2.05, 4.69) is 9.72 Å². The van der Waals surface area contributed by atoms with Crippen LogP contribution >= 0.6 is 0 Å². The van der Waals surface area contributed by atoms with Crippen molar-refractivity contribution in [1.29, 1.82) is 5.26 Å². The highest BCUT2D eigenvalue weighted by Gasteiger charge is 2.59. The van der Waals surface area contributed by atoms with Gasteiger partial charge in [-0.1, -0.05) is 0 Å². The van der Waals surface area contributed by atoms with Crippen molar-refractivity contribution in [2.24, 2.45) is 0 Å². The van der Waals surface area contributed by atoms with Crippen LogP contribution in [0.4, 0.5) is 32.0 Å². The summed E-state index contributed by atoms with van der Waals surface area (Å²) in [4.78, 5) is 3.16. The molecule has 0 atom stereocenters. The number of hydrogen-bond acceptors (Lipinski definition) is 4. The molecule has 4 nitrogen and oxygen atoms in total. The van der Waals surface area contributed by atoms with Gasteiger partial charge >= 0.3 is 12.4 Å². The molecule has 0 saturated heterocycles. The third-order valence-corrected chi connectivity index (χ3v) is 1.90. The minimum absolute atomic E-state index is 0.340. The lowest BCUT2D eigenvalue weighted by atomic mass is 10.2. The van der Waals surface area contributed by atoms with Crippen LogP contribution in [-0.2, 0) is 0 Å². The molecule has 104 valence electrons. The van der Waals surface area contributed by atoms with Crippen LogP contribution in [0.5, 0.6) is 5.88 Å². The maximum Gasteiger partial charge on any atom is 0.434 e. The molecule has 0 spiro atoms. The van der Waals surface area contributed by atoms with Gasteiger partial charge in [-0.15, -0.1) is 0 Å². The maximum atomic E-state index is 12.2. The largest absolute Gasteiger partial charge is 0.453 e. The second kappa shape index (κ2) is 4.83. The summed E-state index contributed by atoms with van der Waals surface area (Å²) in [6, 6.07) is 2.51. The van der Waals surface area contributed by atoms with E-state index in [1.54, 1.807) is 0 Å². The number of nitriles is 1. The third kappa shape index (κ3) is 3.40. The number of anilines is 1. The lowest BCUT2D eigenvalue weighted by Crippen LogP contribution is -2.46. The van der Waals surface area contributed by atoms with Crippen LogP contribution < -0.4 is 10.5 Å². The SMILES string of the molecule is N#Cc1ccnc(OC(C(F)(F)F)C(F)(F)F)c1N. The van der Waals surface area contributed by atoms with Crippen LogP contribution in [0, 0.1) is 11.3 Å². The number of hydrogen-bond donors (Lipinski definition) is 1. The molecule has 0 radical (unpaired) electrons. The van der Waals surface area contributed by atoms with Gasteiger partial charge in [-0.3, -0.25) is 0 Å². The fourth-order valence-electron chi connectivity index (χ4n) is 1.08. The van der Waals surface area contributed by atoms with Gasteiger partial charge in [-0.25, -0.2) is 4.98 Å². The van der Waals surface area contributed by atoms with Crippen molar-refractivity contribution in [3.05, 3.63) is 17.8 Å². The summed E-state index contributed by atoms with van der Waals surface area (Å²) < 4.78 is 77.2. The number of pyridine rings is 1. The topological polar surface area (TPSA) is 71.9 Å². The van der Waals surface area contributed by atoms with Crippen molar-refractivity contribution in [2.75, 3.05) is 5.73 Å². The summed E-state index contributed by atoms with van der Waals surface area (Å²) in [5.41, 5.74) is 4.15. The number of ether oxygens (including phenoxy) is 1. The summed E-state index contributed by atoms with van der Waals surface area (Å²) in [5, 5.41) is 8.54. The van der Waals surface area contributed by atoms with E-state index in [4.69, 9.17) is 11.0 Å². The van der Waals surface area contributed by atoms with Gasteiger partial charge in [-0.2, -0.15) is 31.6 Å². The molecule has 0 saturated carbocycles. The smallest absolute Gasteiger partial charge is 0.434 e. The number of nitrogen functional groups attached to an aromatic ring is 1. The first-order valence-electron chi connectivity index (χ1n) is 4.52. The van der Waals surface area contributed by atoms with Gasteiger partial charge in [0.2, 0.25) is 5.88 Å². The maximum absolute atomic E-state index is 12.2. The van der Waals surface area contributed by atoms with Crippen LogP contribution in [0.25, 0.3) is 0 Å². The molecule has 1 heterocycles. The second-order valence-corrected chi connectivity index (χ2v) is 3.27. The highest BCUT2D eigenvalue weighted by atomic mass is 19.4. The molecule has 1 aromatic heterocycles. The van der Waals surface area contributed by atoms with Gasteiger partial charge in [0.1, 0.15) is 11.8 Å². The fourth-order valence-corrected chi connectivity index (χ4v) is 1.08. The average Bonchev–Trinajstić information content (AvgIpc) is 2.24. The number of nitrogens with two attached hydrogens (primary N) is 1. The van der Waals surface area contributed by atoms with Gasteiger partial charge in [0.15, 0.2) is 0 Å². The predicted octanol–water partition coefficient (Wildman–Crippen LogP) is 2.41. The molecule has 1 rings (SSSR count). The first-order valence-corrected chi connectivity index (χ1v) is 4.52. The summed E-state index contributed by atoms with van der Waals surface area (Å²) in [6.45, 7) is 0.